The van der Waals surface area contributed by atoms with Gasteiger partial charge in [-0.15, -0.1) is 0 Å². The van der Waals surface area contributed by atoms with Crippen molar-refractivity contribution in [2.24, 2.45) is 5.92 Å². The smallest absolute Gasteiger partial charge is 0.217 e. The fraction of sp³-hybridized carbons (Fsp3) is 0.917. The molecule has 4 nitrogen and oxygen atoms in total. The van der Waals surface area contributed by atoms with Crippen molar-refractivity contribution in [1.29, 1.82) is 0 Å². The molecule has 1 N–H and O–H groups in total. The lowest BCUT2D eigenvalue weighted by atomic mass is 10.0. The van der Waals surface area contributed by atoms with Crippen LogP contribution in [-0.4, -0.2) is 49.2 Å². The molecule has 0 unspecified atom stereocenters. The summed E-state index contributed by atoms with van der Waals surface area (Å²) < 4.78 is 5.41. The summed E-state index contributed by atoms with van der Waals surface area (Å²) in [4.78, 5) is 13.5. The van der Waals surface area contributed by atoms with Crippen molar-refractivity contribution in [1.82, 2.24) is 10.2 Å². The Kier molecular flexibility index (Phi) is 5.22. The fourth-order valence-corrected chi connectivity index (χ4v) is 1.97. The molecule has 1 rings (SSSR count). The molecule has 1 amide bonds. The van der Waals surface area contributed by atoms with E-state index >= 15 is 0 Å². The van der Waals surface area contributed by atoms with Gasteiger partial charge in [0.1, 0.15) is 0 Å². The molecule has 0 spiro atoms. The molecular weight excluding hydrogens is 204 g/mol. The summed E-state index contributed by atoms with van der Waals surface area (Å²) in [5, 5.41) is 3.03. The van der Waals surface area contributed by atoms with E-state index in [4.69, 9.17) is 4.74 Å². The Morgan fingerprint density at radius 2 is 2.25 bits per heavy atom. The molecule has 2 atom stereocenters. The zero-order chi connectivity index (χ0) is 12.1. The van der Waals surface area contributed by atoms with Gasteiger partial charge < -0.3 is 10.1 Å². The van der Waals surface area contributed by atoms with Gasteiger partial charge in [0.05, 0.1) is 13.2 Å². The second kappa shape index (κ2) is 6.21. The number of carbonyl (C=O) groups excluding carboxylic acids is 1. The zero-order valence-electron chi connectivity index (χ0n) is 10.8. The van der Waals surface area contributed by atoms with E-state index in [9.17, 15) is 4.79 Å². The molecule has 1 aliphatic heterocycles. The third-order valence-electron chi connectivity index (χ3n) is 3.13. The Balaban J connectivity index is 2.49. The number of hydrogen-bond donors (Lipinski definition) is 1. The molecule has 0 radical (unpaired) electrons. The van der Waals surface area contributed by atoms with E-state index < -0.39 is 0 Å². The summed E-state index contributed by atoms with van der Waals surface area (Å²) in [5.74, 6) is 0.513. The van der Waals surface area contributed by atoms with Gasteiger partial charge in [0.2, 0.25) is 5.91 Å². The lowest BCUT2D eigenvalue weighted by Crippen LogP contribution is -2.52. The molecule has 0 aromatic heterocycles. The van der Waals surface area contributed by atoms with E-state index in [0.29, 0.717) is 12.0 Å². The fourth-order valence-electron chi connectivity index (χ4n) is 1.97. The molecule has 0 saturated carbocycles. The van der Waals surface area contributed by atoms with Crippen LogP contribution in [0.2, 0.25) is 0 Å². The third kappa shape index (κ3) is 4.10. The van der Waals surface area contributed by atoms with Gasteiger partial charge in [-0.1, -0.05) is 13.8 Å². The number of morpholine rings is 1. The number of amides is 1. The van der Waals surface area contributed by atoms with Crippen LogP contribution >= 0.6 is 0 Å². The standard InChI is InChI=1S/C12H24N2O2/c1-9(2)12(13-11(4)15)7-14-5-6-16-8-10(14)3/h9-10,12H,5-8H2,1-4H3,(H,13,15)/t10-,12+/m1/s1. The highest BCUT2D eigenvalue weighted by molar-refractivity contribution is 5.73. The predicted molar refractivity (Wildman–Crippen MR) is 64.3 cm³/mol. The molecule has 4 heteroatoms. The number of rotatable bonds is 4. The molecule has 0 bridgehead atoms. The van der Waals surface area contributed by atoms with Gasteiger partial charge in [-0.3, -0.25) is 9.69 Å². The number of ether oxygens (including phenoxy) is 1. The van der Waals surface area contributed by atoms with Crippen LogP contribution in [0.5, 0.6) is 0 Å². The summed E-state index contributed by atoms with van der Waals surface area (Å²) in [6.45, 7) is 11.5. The maximum Gasteiger partial charge on any atom is 0.217 e. The van der Waals surface area contributed by atoms with Crippen LogP contribution in [0, 0.1) is 5.92 Å². The highest BCUT2D eigenvalue weighted by atomic mass is 16.5. The number of nitrogens with one attached hydrogen (secondary N) is 1. The molecule has 94 valence electrons. The Hall–Kier alpha value is -0.610. The van der Waals surface area contributed by atoms with E-state index in [-0.39, 0.29) is 11.9 Å². The summed E-state index contributed by atoms with van der Waals surface area (Å²) in [7, 11) is 0. The van der Waals surface area contributed by atoms with Crippen molar-refractivity contribution >= 4 is 5.91 Å². The Bertz CT molecular complexity index is 231. The molecule has 0 aromatic carbocycles. The number of hydrogen-bond acceptors (Lipinski definition) is 3. The largest absolute Gasteiger partial charge is 0.379 e. The van der Waals surface area contributed by atoms with Gasteiger partial charge in [0.15, 0.2) is 0 Å². The third-order valence-corrected chi connectivity index (χ3v) is 3.13. The second-order valence-electron chi connectivity index (χ2n) is 4.97. The minimum atomic E-state index is 0.0552. The Labute approximate surface area is 98.3 Å². The first-order valence-corrected chi connectivity index (χ1v) is 6.09. The maximum atomic E-state index is 11.1. The van der Waals surface area contributed by atoms with Crippen LogP contribution in [0.25, 0.3) is 0 Å². The summed E-state index contributed by atoms with van der Waals surface area (Å²) in [6, 6.07) is 0.682. The predicted octanol–water partition coefficient (Wildman–Crippen LogP) is 0.868. The van der Waals surface area contributed by atoms with Gasteiger partial charge in [-0.25, -0.2) is 0 Å². The van der Waals surface area contributed by atoms with Crippen LogP contribution in [0.3, 0.4) is 0 Å². The average Bonchev–Trinajstić information content (AvgIpc) is 2.19. The van der Waals surface area contributed by atoms with Gasteiger partial charge in [-0.2, -0.15) is 0 Å². The van der Waals surface area contributed by atoms with Gasteiger partial charge in [0, 0.05) is 32.1 Å². The first-order valence-electron chi connectivity index (χ1n) is 6.09. The minimum absolute atomic E-state index is 0.0552. The lowest BCUT2D eigenvalue weighted by molar-refractivity contribution is -0.120. The molecule has 16 heavy (non-hydrogen) atoms. The van der Waals surface area contributed by atoms with Gasteiger partial charge in [0.25, 0.3) is 0 Å². The van der Waals surface area contributed by atoms with Gasteiger partial charge >= 0.3 is 0 Å². The highest BCUT2D eigenvalue weighted by Gasteiger charge is 2.24. The molecule has 1 heterocycles. The number of nitrogens with zero attached hydrogens (tertiary/aromatic N) is 1. The van der Waals surface area contributed by atoms with Crippen LogP contribution in [0.15, 0.2) is 0 Å². The topological polar surface area (TPSA) is 41.6 Å². The second-order valence-corrected chi connectivity index (χ2v) is 4.97. The summed E-state index contributed by atoms with van der Waals surface area (Å²) >= 11 is 0. The van der Waals surface area contributed by atoms with Crippen molar-refractivity contribution in [2.75, 3.05) is 26.3 Å². The highest BCUT2D eigenvalue weighted by Crippen LogP contribution is 2.10. The molecule has 0 aliphatic carbocycles. The van der Waals surface area contributed by atoms with Crippen LogP contribution in [0.1, 0.15) is 27.7 Å². The van der Waals surface area contributed by atoms with E-state index in [2.05, 4.69) is 31.0 Å². The molecule has 1 fully saturated rings. The SMILES string of the molecule is CC(=O)N[C@@H](CN1CCOC[C@H]1C)C(C)C. The molecular formula is C12H24N2O2. The molecule has 1 aliphatic rings. The normalized spacial score (nSPS) is 24.4. The van der Waals surface area contributed by atoms with Crippen LogP contribution in [-0.2, 0) is 9.53 Å². The summed E-state index contributed by atoms with van der Waals surface area (Å²) in [6.07, 6.45) is 0. The Morgan fingerprint density at radius 1 is 1.56 bits per heavy atom. The lowest BCUT2D eigenvalue weighted by Gasteiger charge is -2.37. The van der Waals surface area contributed by atoms with Crippen molar-refractivity contribution in [3.8, 4) is 0 Å². The summed E-state index contributed by atoms with van der Waals surface area (Å²) in [5.41, 5.74) is 0. The first-order chi connectivity index (χ1) is 7.50. The van der Waals surface area contributed by atoms with Gasteiger partial charge in [-0.05, 0) is 12.8 Å². The van der Waals surface area contributed by atoms with Crippen molar-refractivity contribution in [3.63, 3.8) is 0 Å². The Morgan fingerprint density at radius 3 is 2.75 bits per heavy atom. The van der Waals surface area contributed by atoms with Crippen LogP contribution in [0.4, 0.5) is 0 Å². The molecule has 1 saturated heterocycles. The minimum Gasteiger partial charge on any atom is -0.379 e. The maximum absolute atomic E-state index is 11.1. The quantitative estimate of drug-likeness (QED) is 0.776. The van der Waals surface area contributed by atoms with E-state index in [1.165, 1.54) is 0 Å². The van der Waals surface area contributed by atoms with E-state index in [1.54, 1.807) is 6.92 Å². The van der Waals surface area contributed by atoms with E-state index in [1.807, 2.05) is 0 Å². The zero-order valence-corrected chi connectivity index (χ0v) is 10.8. The van der Waals surface area contributed by atoms with E-state index in [0.717, 1.165) is 26.3 Å². The van der Waals surface area contributed by atoms with Crippen molar-refractivity contribution in [3.05, 3.63) is 0 Å². The first kappa shape index (κ1) is 13.5. The monoisotopic (exact) mass is 228 g/mol. The molecule has 0 aromatic rings. The van der Waals surface area contributed by atoms with Crippen molar-refractivity contribution in [2.45, 2.75) is 39.8 Å². The van der Waals surface area contributed by atoms with Crippen LogP contribution < -0.4 is 5.32 Å². The van der Waals surface area contributed by atoms with Crippen molar-refractivity contribution < 1.29 is 9.53 Å². The number of carbonyl (C=O) groups is 1. The average molecular weight is 228 g/mol.